The van der Waals surface area contributed by atoms with Crippen LogP contribution in [0.3, 0.4) is 0 Å². The number of rotatable bonds is 1. The van der Waals surface area contributed by atoms with E-state index in [1.165, 1.54) is 6.07 Å². The van der Waals surface area contributed by atoms with Crippen LogP contribution in [0.2, 0.25) is 0 Å². The van der Waals surface area contributed by atoms with Crippen molar-refractivity contribution in [1.82, 2.24) is 4.98 Å². The maximum Gasteiger partial charge on any atom is 0.123 e. The molecule has 0 atom stereocenters. The second-order valence-electron chi connectivity index (χ2n) is 4.22. The lowest BCUT2D eigenvalue weighted by Gasteiger charge is -2.08. The minimum atomic E-state index is 0.150. The van der Waals surface area contributed by atoms with E-state index in [9.17, 15) is 5.11 Å². The largest absolute Gasteiger partial charge is 0.507 e. The lowest BCUT2D eigenvalue weighted by Crippen LogP contribution is -1.86. The summed E-state index contributed by atoms with van der Waals surface area (Å²) >= 11 is 0. The Hall–Kier alpha value is -2.86. The quantitative estimate of drug-likeness (QED) is 0.715. The number of phenolic OH excluding ortho intramolecular Hbond substituents is 1. The van der Waals surface area contributed by atoms with Crippen LogP contribution in [0.25, 0.3) is 22.0 Å². The van der Waals surface area contributed by atoms with Crippen LogP contribution in [0.1, 0.15) is 5.56 Å². The number of hydrogen-bond acceptors (Lipinski definition) is 3. The molecule has 2 aromatic carbocycles. The molecule has 1 heterocycles. The third kappa shape index (κ3) is 1.90. The average Bonchev–Trinajstić information content (AvgIpc) is 2.47. The number of pyridine rings is 1. The Labute approximate surface area is 110 Å². The summed E-state index contributed by atoms with van der Waals surface area (Å²) < 4.78 is 0. The van der Waals surface area contributed by atoms with Crippen molar-refractivity contribution in [1.29, 1.82) is 5.26 Å². The fraction of sp³-hybridized carbons (Fsp3) is 0. The van der Waals surface area contributed by atoms with Gasteiger partial charge in [-0.1, -0.05) is 24.3 Å². The Kier molecular flexibility index (Phi) is 2.62. The van der Waals surface area contributed by atoms with Crippen molar-refractivity contribution in [2.24, 2.45) is 0 Å². The summed E-state index contributed by atoms with van der Waals surface area (Å²) in [5, 5.41) is 20.0. The minimum Gasteiger partial charge on any atom is -0.507 e. The third-order valence-corrected chi connectivity index (χ3v) is 3.05. The van der Waals surface area contributed by atoms with Gasteiger partial charge in [0, 0.05) is 22.7 Å². The zero-order valence-corrected chi connectivity index (χ0v) is 10.0. The SMILES string of the molecule is N#Cc1ccc(O)c(-c2cccc3cccnc23)c1. The Balaban J connectivity index is 2.34. The van der Waals surface area contributed by atoms with Gasteiger partial charge < -0.3 is 5.11 Å². The molecule has 0 aliphatic carbocycles. The Bertz CT molecular complexity index is 798. The molecule has 0 spiro atoms. The number of benzene rings is 2. The highest BCUT2D eigenvalue weighted by atomic mass is 16.3. The molecule has 0 bridgehead atoms. The zero-order valence-electron chi connectivity index (χ0n) is 10.0. The van der Waals surface area contributed by atoms with Gasteiger partial charge in [-0.2, -0.15) is 5.26 Å². The van der Waals surface area contributed by atoms with Gasteiger partial charge in [-0.05, 0) is 24.3 Å². The van der Waals surface area contributed by atoms with Gasteiger partial charge in [0.05, 0.1) is 17.1 Å². The number of phenols is 1. The topological polar surface area (TPSA) is 56.9 Å². The smallest absolute Gasteiger partial charge is 0.123 e. The molecule has 1 aromatic heterocycles. The van der Waals surface area contributed by atoms with E-state index < -0.39 is 0 Å². The van der Waals surface area contributed by atoms with Crippen molar-refractivity contribution in [2.45, 2.75) is 0 Å². The van der Waals surface area contributed by atoms with Crippen molar-refractivity contribution in [3.63, 3.8) is 0 Å². The Morgan fingerprint density at radius 2 is 1.84 bits per heavy atom. The number of nitrogens with zero attached hydrogens (tertiary/aromatic N) is 2. The van der Waals surface area contributed by atoms with E-state index in [2.05, 4.69) is 11.1 Å². The van der Waals surface area contributed by atoms with Crippen molar-refractivity contribution >= 4 is 10.9 Å². The second kappa shape index (κ2) is 4.43. The van der Waals surface area contributed by atoms with Gasteiger partial charge in [0.1, 0.15) is 5.75 Å². The zero-order chi connectivity index (χ0) is 13.2. The number of hydrogen-bond donors (Lipinski definition) is 1. The molecule has 0 amide bonds. The van der Waals surface area contributed by atoms with E-state index in [-0.39, 0.29) is 5.75 Å². The summed E-state index contributed by atoms with van der Waals surface area (Å²) in [6.45, 7) is 0. The molecule has 0 fully saturated rings. The monoisotopic (exact) mass is 246 g/mol. The number of fused-ring (bicyclic) bond motifs is 1. The normalized spacial score (nSPS) is 10.3. The first-order valence-corrected chi connectivity index (χ1v) is 5.87. The maximum atomic E-state index is 10.0. The van der Waals surface area contributed by atoms with Gasteiger partial charge >= 0.3 is 0 Å². The lowest BCUT2D eigenvalue weighted by molar-refractivity contribution is 0.477. The molecular formula is C16H10N2O. The second-order valence-corrected chi connectivity index (χ2v) is 4.22. The molecular weight excluding hydrogens is 236 g/mol. The highest BCUT2D eigenvalue weighted by Crippen LogP contribution is 2.33. The molecule has 3 rings (SSSR count). The first-order chi connectivity index (χ1) is 9.29. The van der Waals surface area contributed by atoms with E-state index >= 15 is 0 Å². The summed E-state index contributed by atoms with van der Waals surface area (Å²) in [5.74, 6) is 0.150. The minimum absolute atomic E-state index is 0.150. The summed E-state index contributed by atoms with van der Waals surface area (Å²) in [5.41, 5.74) is 2.78. The molecule has 3 heteroatoms. The van der Waals surface area contributed by atoms with Crippen LogP contribution in [0.15, 0.2) is 54.7 Å². The number of para-hydroxylation sites is 1. The van der Waals surface area contributed by atoms with Crippen LogP contribution in [-0.2, 0) is 0 Å². The van der Waals surface area contributed by atoms with Crippen LogP contribution in [0, 0.1) is 11.3 Å². The highest BCUT2D eigenvalue weighted by Gasteiger charge is 2.09. The predicted molar refractivity (Wildman–Crippen MR) is 73.6 cm³/mol. The standard InChI is InChI=1S/C16H10N2O/c17-10-11-6-7-15(19)14(9-11)13-5-1-3-12-4-2-8-18-16(12)13/h1-9,19H. The molecule has 3 aromatic rings. The van der Waals surface area contributed by atoms with Crippen molar-refractivity contribution in [2.75, 3.05) is 0 Å². The number of aromatic nitrogens is 1. The summed E-state index contributed by atoms with van der Waals surface area (Å²) in [6, 6.07) is 16.5. The van der Waals surface area contributed by atoms with Gasteiger partial charge in [0.15, 0.2) is 0 Å². The number of nitriles is 1. The van der Waals surface area contributed by atoms with Gasteiger partial charge in [0.2, 0.25) is 0 Å². The van der Waals surface area contributed by atoms with E-state index in [0.29, 0.717) is 11.1 Å². The summed E-state index contributed by atoms with van der Waals surface area (Å²) in [6.07, 6.45) is 1.72. The van der Waals surface area contributed by atoms with Crippen molar-refractivity contribution in [3.8, 4) is 22.9 Å². The van der Waals surface area contributed by atoms with Crippen molar-refractivity contribution in [3.05, 3.63) is 60.3 Å². The maximum absolute atomic E-state index is 10.0. The van der Waals surface area contributed by atoms with Crippen molar-refractivity contribution < 1.29 is 5.11 Å². The molecule has 19 heavy (non-hydrogen) atoms. The Morgan fingerprint density at radius 3 is 2.68 bits per heavy atom. The van der Waals surface area contributed by atoms with E-state index in [0.717, 1.165) is 16.5 Å². The predicted octanol–water partition coefficient (Wildman–Crippen LogP) is 3.48. The summed E-state index contributed by atoms with van der Waals surface area (Å²) in [4.78, 5) is 4.36. The fourth-order valence-corrected chi connectivity index (χ4v) is 2.14. The molecule has 0 unspecified atom stereocenters. The van der Waals surface area contributed by atoms with Crippen LogP contribution < -0.4 is 0 Å². The van der Waals surface area contributed by atoms with Gasteiger partial charge in [-0.25, -0.2) is 0 Å². The molecule has 0 radical (unpaired) electrons. The lowest BCUT2D eigenvalue weighted by atomic mass is 9.99. The van der Waals surface area contributed by atoms with E-state index in [1.807, 2.05) is 30.3 Å². The van der Waals surface area contributed by atoms with Crippen LogP contribution in [0.5, 0.6) is 5.75 Å². The fourth-order valence-electron chi connectivity index (χ4n) is 2.14. The van der Waals surface area contributed by atoms with Gasteiger partial charge in [-0.3, -0.25) is 4.98 Å². The van der Waals surface area contributed by atoms with Crippen LogP contribution in [0.4, 0.5) is 0 Å². The average molecular weight is 246 g/mol. The molecule has 1 N–H and O–H groups in total. The third-order valence-electron chi connectivity index (χ3n) is 3.05. The first-order valence-electron chi connectivity index (χ1n) is 5.87. The molecule has 0 aliphatic rings. The molecule has 0 saturated heterocycles. The van der Waals surface area contributed by atoms with E-state index in [1.54, 1.807) is 18.3 Å². The summed E-state index contributed by atoms with van der Waals surface area (Å²) in [7, 11) is 0. The van der Waals surface area contributed by atoms with E-state index in [4.69, 9.17) is 5.26 Å². The number of aromatic hydroxyl groups is 1. The van der Waals surface area contributed by atoms with Crippen LogP contribution >= 0.6 is 0 Å². The van der Waals surface area contributed by atoms with Gasteiger partial charge in [0.25, 0.3) is 0 Å². The molecule has 0 saturated carbocycles. The highest BCUT2D eigenvalue weighted by molar-refractivity contribution is 5.95. The first kappa shape index (κ1) is 11.2. The molecule has 90 valence electrons. The molecule has 0 aliphatic heterocycles. The van der Waals surface area contributed by atoms with Gasteiger partial charge in [-0.15, -0.1) is 0 Å². The molecule has 3 nitrogen and oxygen atoms in total. The Morgan fingerprint density at radius 1 is 1.00 bits per heavy atom. The van der Waals surface area contributed by atoms with Crippen LogP contribution in [-0.4, -0.2) is 10.1 Å².